The van der Waals surface area contributed by atoms with Gasteiger partial charge < -0.3 is 5.32 Å². The van der Waals surface area contributed by atoms with E-state index in [0.29, 0.717) is 4.88 Å². The van der Waals surface area contributed by atoms with E-state index >= 15 is 0 Å². The summed E-state index contributed by atoms with van der Waals surface area (Å²) in [5.74, 6) is -0.0558. The second kappa shape index (κ2) is 7.19. The summed E-state index contributed by atoms with van der Waals surface area (Å²) in [6, 6.07) is 11.8. The van der Waals surface area contributed by atoms with Crippen LogP contribution in [0.15, 0.2) is 61.1 Å². The van der Waals surface area contributed by atoms with Crippen LogP contribution in [0.1, 0.15) is 20.9 Å². The second-order valence-electron chi connectivity index (χ2n) is 5.38. The summed E-state index contributed by atoms with van der Waals surface area (Å²) in [5, 5.41) is 3.91. The second-order valence-corrected chi connectivity index (χ2v) is 6.38. The van der Waals surface area contributed by atoms with Crippen molar-refractivity contribution in [2.75, 3.05) is 5.32 Å². The number of nitrogens with zero attached hydrogens (tertiary/aromatic N) is 2. The number of rotatable bonds is 5. The van der Waals surface area contributed by atoms with Gasteiger partial charge in [-0.25, -0.2) is 4.98 Å². The van der Waals surface area contributed by atoms with Gasteiger partial charge in [0.25, 0.3) is 0 Å². The Hall–Kier alpha value is -2.79. The van der Waals surface area contributed by atoms with Crippen molar-refractivity contribution in [1.29, 1.82) is 0 Å². The van der Waals surface area contributed by atoms with Gasteiger partial charge in [-0.3, -0.25) is 9.78 Å². The number of thiazole rings is 1. The smallest absolute Gasteiger partial charge is 0.199 e. The summed E-state index contributed by atoms with van der Waals surface area (Å²) < 4.78 is 0. The maximum Gasteiger partial charge on any atom is 0.199 e. The van der Waals surface area contributed by atoms with Crippen LogP contribution >= 0.6 is 11.3 Å². The van der Waals surface area contributed by atoms with Crippen molar-refractivity contribution in [2.45, 2.75) is 13.8 Å². The molecule has 0 aliphatic heterocycles. The maximum absolute atomic E-state index is 12.4. The zero-order valence-corrected chi connectivity index (χ0v) is 14.3. The number of allylic oxidation sites excluding steroid dienone is 1. The molecule has 0 fully saturated rings. The predicted octanol–water partition coefficient (Wildman–Crippen LogP) is 4.63. The van der Waals surface area contributed by atoms with Crippen LogP contribution < -0.4 is 5.32 Å². The average Bonchev–Trinajstić information content (AvgIpc) is 2.99. The number of anilines is 1. The minimum Gasteiger partial charge on any atom is -0.362 e. The van der Waals surface area contributed by atoms with E-state index in [1.165, 1.54) is 23.0 Å². The number of carbonyl (C=O) groups is 1. The highest BCUT2D eigenvalue weighted by atomic mass is 32.1. The number of benzene rings is 1. The Bertz CT molecular complexity index is 867. The van der Waals surface area contributed by atoms with Crippen molar-refractivity contribution in [3.05, 3.63) is 77.2 Å². The highest BCUT2D eigenvalue weighted by Crippen LogP contribution is 2.27. The van der Waals surface area contributed by atoms with E-state index < -0.39 is 0 Å². The zero-order valence-electron chi connectivity index (χ0n) is 13.5. The maximum atomic E-state index is 12.4. The van der Waals surface area contributed by atoms with Gasteiger partial charge in [0.1, 0.15) is 5.01 Å². The van der Waals surface area contributed by atoms with Crippen molar-refractivity contribution >= 4 is 22.8 Å². The third-order valence-corrected chi connectivity index (χ3v) is 4.69. The summed E-state index contributed by atoms with van der Waals surface area (Å²) in [4.78, 5) is 21.6. The van der Waals surface area contributed by atoms with E-state index in [4.69, 9.17) is 0 Å². The number of nitrogens with one attached hydrogen (secondary N) is 1. The molecule has 2 heterocycles. The lowest BCUT2D eigenvalue weighted by Gasteiger charge is -2.00. The average molecular weight is 335 g/mol. The lowest BCUT2D eigenvalue weighted by Crippen LogP contribution is -1.95. The van der Waals surface area contributed by atoms with Crippen LogP contribution in [0.2, 0.25) is 0 Å². The summed E-state index contributed by atoms with van der Waals surface area (Å²) >= 11 is 1.39. The number of hydrogen-bond acceptors (Lipinski definition) is 5. The molecule has 2 aromatic heterocycles. The molecule has 0 unspecified atom stereocenters. The molecule has 0 spiro atoms. The first kappa shape index (κ1) is 16.1. The Morgan fingerprint density at radius 2 is 1.96 bits per heavy atom. The molecule has 0 atom stereocenters. The van der Waals surface area contributed by atoms with Gasteiger partial charge in [-0.2, -0.15) is 0 Å². The number of carbonyl (C=O) groups excluding carboxylic acids is 1. The molecule has 0 amide bonds. The first-order valence-corrected chi connectivity index (χ1v) is 8.37. The van der Waals surface area contributed by atoms with Crippen LogP contribution in [0.25, 0.3) is 10.6 Å². The van der Waals surface area contributed by atoms with E-state index in [-0.39, 0.29) is 5.78 Å². The Morgan fingerprint density at radius 3 is 2.67 bits per heavy atom. The lowest BCUT2D eigenvalue weighted by molar-refractivity contribution is 0.104. The van der Waals surface area contributed by atoms with E-state index in [0.717, 1.165) is 22.0 Å². The van der Waals surface area contributed by atoms with Gasteiger partial charge >= 0.3 is 0 Å². The van der Waals surface area contributed by atoms with Crippen molar-refractivity contribution in [3.63, 3.8) is 0 Å². The molecule has 0 aliphatic carbocycles. The fourth-order valence-corrected chi connectivity index (χ4v) is 3.15. The molecule has 4 nitrogen and oxygen atoms in total. The standard InChI is InChI=1S/C19H17N3OS/c1-13-5-7-16(8-6-13)21-11-9-17(23)18-14(2)22-19(24-18)15-4-3-10-20-12-15/h3-12,21H,1-2H3/b11-9+. The minimum absolute atomic E-state index is 0.0558. The third kappa shape index (κ3) is 3.75. The fourth-order valence-electron chi connectivity index (χ4n) is 2.18. The van der Waals surface area contributed by atoms with Crippen LogP contribution in [0.4, 0.5) is 5.69 Å². The van der Waals surface area contributed by atoms with Crippen molar-refractivity contribution < 1.29 is 4.79 Å². The number of aryl methyl sites for hydroxylation is 2. The van der Waals surface area contributed by atoms with Gasteiger partial charge in [0.15, 0.2) is 5.78 Å². The van der Waals surface area contributed by atoms with Crippen LogP contribution in [0.3, 0.4) is 0 Å². The molecule has 0 radical (unpaired) electrons. The molecule has 0 aliphatic rings. The zero-order chi connectivity index (χ0) is 16.9. The van der Waals surface area contributed by atoms with Gasteiger partial charge in [0, 0.05) is 35.9 Å². The summed E-state index contributed by atoms with van der Waals surface area (Å²) in [6.07, 6.45) is 6.67. The van der Waals surface area contributed by atoms with E-state index in [2.05, 4.69) is 15.3 Å². The van der Waals surface area contributed by atoms with Crippen LogP contribution in [-0.2, 0) is 0 Å². The summed E-state index contributed by atoms with van der Waals surface area (Å²) in [5.41, 5.74) is 3.81. The van der Waals surface area contributed by atoms with Crippen LogP contribution in [0, 0.1) is 13.8 Å². The lowest BCUT2D eigenvalue weighted by atomic mass is 10.2. The Labute approximate surface area is 144 Å². The van der Waals surface area contributed by atoms with Gasteiger partial charge in [-0.15, -0.1) is 11.3 Å². The first-order chi connectivity index (χ1) is 11.6. The SMILES string of the molecule is Cc1ccc(N/C=C/C(=O)c2sc(-c3cccnc3)nc2C)cc1. The molecule has 0 saturated carbocycles. The number of ketones is 1. The highest BCUT2D eigenvalue weighted by Gasteiger charge is 2.14. The van der Waals surface area contributed by atoms with Crippen molar-refractivity contribution in [3.8, 4) is 10.6 Å². The number of hydrogen-bond donors (Lipinski definition) is 1. The quantitative estimate of drug-likeness (QED) is 0.545. The highest BCUT2D eigenvalue weighted by molar-refractivity contribution is 7.17. The molecule has 0 bridgehead atoms. The molecule has 24 heavy (non-hydrogen) atoms. The van der Waals surface area contributed by atoms with Crippen LogP contribution in [0.5, 0.6) is 0 Å². The molecule has 5 heteroatoms. The molecular formula is C19H17N3OS. The molecular weight excluding hydrogens is 318 g/mol. The molecule has 3 rings (SSSR count). The first-order valence-electron chi connectivity index (χ1n) is 7.55. The molecule has 1 aromatic carbocycles. The van der Waals surface area contributed by atoms with Gasteiger partial charge in [-0.1, -0.05) is 17.7 Å². The minimum atomic E-state index is -0.0558. The normalized spacial score (nSPS) is 10.9. The topological polar surface area (TPSA) is 54.9 Å². The molecule has 3 aromatic rings. The third-order valence-electron chi connectivity index (χ3n) is 3.47. The molecule has 0 saturated heterocycles. The summed E-state index contributed by atoms with van der Waals surface area (Å²) in [7, 11) is 0. The fraction of sp³-hybridized carbons (Fsp3) is 0.105. The van der Waals surface area contributed by atoms with E-state index in [1.54, 1.807) is 18.6 Å². The van der Waals surface area contributed by atoms with Crippen LogP contribution in [-0.4, -0.2) is 15.8 Å². The predicted molar refractivity (Wildman–Crippen MR) is 98.4 cm³/mol. The largest absolute Gasteiger partial charge is 0.362 e. The van der Waals surface area contributed by atoms with Gasteiger partial charge in [-0.05, 0) is 38.1 Å². The van der Waals surface area contributed by atoms with Crippen molar-refractivity contribution in [2.24, 2.45) is 0 Å². The number of aromatic nitrogens is 2. The molecule has 1 N–H and O–H groups in total. The number of pyridine rings is 1. The van der Waals surface area contributed by atoms with E-state index in [9.17, 15) is 4.79 Å². The Kier molecular flexibility index (Phi) is 4.82. The van der Waals surface area contributed by atoms with E-state index in [1.807, 2.05) is 50.2 Å². The Morgan fingerprint density at radius 1 is 1.17 bits per heavy atom. The Balaban J connectivity index is 1.72. The molecule has 120 valence electrons. The van der Waals surface area contributed by atoms with Crippen molar-refractivity contribution in [1.82, 2.24) is 9.97 Å². The van der Waals surface area contributed by atoms with Gasteiger partial charge in [0.2, 0.25) is 0 Å². The van der Waals surface area contributed by atoms with Gasteiger partial charge in [0.05, 0.1) is 10.6 Å². The summed E-state index contributed by atoms with van der Waals surface area (Å²) in [6.45, 7) is 3.89. The monoisotopic (exact) mass is 335 g/mol.